The summed E-state index contributed by atoms with van der Waals surface area (Å²) in [5.41, 5.74) is 6.78. The van der Waals surface area contributed by atoms with Gasteiger partial charge in [-0.1, -0.05) is 209 Å². The molecule has 4 rings (SSSR count). The minimum absolute atomic E-state index is 0.0695. The topological polar surface area (TPSA) is 110 Å². The van der Waals surface area contributed by atoms with Crippen LogP contribution in [0.2, 0.25) is 0 Å². The number of hydrogen-bond acceptors (Lipinski definition) is 6. The second-order valence-corrected chi connectivity index (χ2v) is 23.3. The lowest BCUT2D eigenvalue weighted by atomic mass is 9.83. The third kappa shape index (κ3) is 27.7. The molecule has 392 valence electrons. The third-order valence-electron chi connectivity index (χ3n) is 12.9. The number of ether oxygens (including phenoxy) is 2. The first-order valence-corrected chi connectivity index (χ1v) is 27.4. The van der Waals surface area contributed by atoms with E-state index in [0.29, 0.717) is 49.0 Å². The van der Waals surface area contributed by atoms with Crippen molar-refractivity contribution in [2.24, 2.45) is 5.41 Å². The summed E-state index contributed by atoms with van der Waals surface area (Å²) in [6.45, 7) is 29.1. The van der Waals surface area contributed by atoms with Gasteiger partial charge in [-0.15, -0.1) is 0 Å². The molecule has 4 aromatic rings. The van der Waals surface area contributed by atoms with Crippen LogP contribution in [0.15, 0.2) is 115 Å². The largest absolute Gasteiger partial charge is 0.480 e. The normalized spacial score (nSPS) is 14.6. The Bertz CT molecular complexity index is 1920. The SMILES string of the molecule is CC(CC(CCCCOC(=O)C(C)(C)C)c1ccccc1)c1ccccc1.CCC(C)(Br)C(=O)O.CCC(C)(Br)C(=O)OCCO.CCC(C)c1ccc(C(C)CC)cc1.CCC(C)c1ccccc1. The summed E-state index contributed by atoms with van der Waals surface area (Å²) in [5, 5.41) is 16.8. The van der Waals surface area contributed by atoms with Crippen LogP contribution < -0.4 is 0 Å². The second kappa shape index (κ2) is 36.2. The summed E-state index contributed by atoms with van der Waals surface area (Å²) < 4.78 is 8.78. The van der Waals surface area contributed by atoms with Crippen LogP contribution in [0.25, 0.3) is 0 Å². The predicted molar refractivity (Wildman–Crippen MR) is 303 cm³/mol. The number of aliphatic hydroxyl groups is 1. The van der Waals surface area contributed by atoms with Crippen molar-refractivity contribution < 1.29 is 34.1 Å². The predicted octanol–water partition coefficient (Wildman–Crippen LogP) is 17.4. The number of benzene rings is 4. The van der Waals surface area contributed by atoms with E-state index in [1.165, 1.54) is 47.1 Å². The molecule has 0 aliphatic rings. The Labute approximate surface area is 442 Å². The number of halogens is 2. The zero-order valence-electron chi connectivity index (χ0n) is 45.5. The highest BCUT2D eigenvalue weighted by Gasteiger charge is 2.29. The van der Waals surface area contributed by atoms with E-state index in [1.54, 1.807) is 13.8 Å². The van der Waals surface area contributed by atoms with Crippen LogP contribution in [0, 0.1) is 5.41 Å². The van der Waals surface area contributed by atoms with Crippen LogP contribution in [-0.4, -0.2) is 56.6 Å². The highest BCUT2D eigenvalue weighted by atomic mass is 79.9. The molecule has 0 aromatic heterocycles. The van der Waals surface area contributed by atoms with E-state index >= 15 is 0 Å². The molecule has 9 heteroatoms. The lowest BCUT2D eigenvalue weighted by Gasteiger charge is -2.22. The maximum atomic E-state index is 11.9. The average Bonchev–Trinajstić information content (AvgIpc) is 3.37. The van der Waals surface area contributed by atoms with Gasteiger partial charge < -0.3 is 19.7 Å². The number of hydrogen-bond donors (Lipinski definition) is 2. The maximum absolute atomic E-state index is 11.9. The summed E-state index contributed by atoms with van der Waals surface area (Å²) in [7, 11) is 0. The molecule has 0 spiro atoms. The molecule has 0 saturated heterocycles. The van der Waals surface area contributed by atoms with Gasteiger partial charge in [-0.05, 0) is 150 Å². The summed E-state index contributed by atoms with van der Waals surface area (Å²) in [6, 6.07) is 41.3. The van der Waals surface area contributed by atoms with E-state index < -0.39 is 20.0 Å². The Morgan fingerprint density at radius 3 is 1.19 bits per heavy atom. The summed E-state index contributed by atoms with van der Waals surface area (Å²) in [5.74, 6) is 1.91. The van der Waals surface area contributed by atoms with Crippen LogP contribution in [-0.2, 0) is 23.9 Å². The molecule has 0 aliphatic heterocycles. The van der Waals surface area contributed by atoms with E-state index in [2.05, 4.69) is 196 Å². The first-order valence-electron chi connectivity index (χ1n) is 25.8. The molecule has 0 bridgehead atoms. The fourth-order valence-electron chi connectivity index (χ4n) is 6.59. The lowest BCUT2D eigenvalue weighted by molar-refractivity contribution is -0.153. The van der Waals surface area contributed by atoms with Gasteiger partial charge in [-0.3, -0.25) is 14.4 Å². The van der Waals surface area contributed by atoms with Crippen LogP contribution in [0.1, 0.15) is 212 Å². The first-order chi connectivity index (χ1) is 32.9. The monoisotopic (exact) mass is 1090 g/mol. The van der Waals surface area contributed by atoms with E-state index in [1.807, 2.05) is 34.6 Å². The Balaban J connectivity index is 0.000000932. The van der Waals surface area contributed by atoms with Crippen molar-refractivity contribution in [2.75, 3.05) is 19.8 Å². The molecule has 0 heterocycles. The van der Waals surface area contributed by atoms with E-state index in [4.69, 9.17) is 19.7 Å². The van der Waals surface area contributed by atoms with Crippen molar-refractivity contribution in [1.29, 1.82) is 0 Å². The van der Waals surface area contributed by atoms with E-state index in [-0.39, 0.29) is 25.2 Å². The maximum Gasteiger partial charge on any atom is 0.322 e. The van der Waals surface area contributed by atoms with Gasteiger partial charge in [0.15, 0.2) is 0 Å². The number of carboxylic acids is 1. The first kappa shape index (κ1) is 66.2. The Morgan fingerprint density at radius 1 is 0.500 bits per heavy atom. The van der Waals surface area contributed by atoms with Crippen molar-refractivity contribution in [3.8, 4) is 0 Å². The van der Waals surface area contributed by atoms with E-state index in [0.717, 1.165) is 25.7 Å². The van der Waals surface area contributed by atoms with Crippen molar-refractivity contribution >= 4 is 49.8 Å². The number of alkyl halides is 2. The summed E-state index contributed by atoms with van der Waals surface area (Å²) in [4.78, 5) is 33.1. The summed E-state index contributed by atoms with van der Waals surface area (Å²) >= 11 is 6.27. The highest BCUT2D eigenvalue weighted by Crippen LogP contribution is 2.33. The van der Waals surface area contributed by atoms with Crippen LogP contribution >= 0.6 is 31.9 Å². The Hall–Kier alpha value is -3.79. The fraction of sp³-hybridized carbons (Fsp3) is 0.557. The number of carboxylic acid groups (broad SMARTS) is 1. The van der Waals surface area contributed by atoms with Crippen molar-refractivity contribution in [3.05, 3.63) is 143 Å². The molecule has 4 aromatic carbocycles. The van der Waals surface area contributed by atoms with E-state index in [9.17, 15) is 14.4 Å². The number of aliphatic hydroxyl groups excluding tert-OH is 1. The highest BCUT2D eigenvalue weighted by molar-refractivity contribution is 9.10. The smallest absolute Gasteiger partial charge is 0.322 e. The molecule has 0 amide bonds. The molecular formula is C61H92Br2O7. The van der Waals surface area contributed by atoms with Crippen molar-refractivity contribution in [1.82, 2.24) is 0 Å². The molecule has 70 heavy (non-hydrogen) atoms. The molecule has 7 unspecified atom stereocenters. The number of carbonyl (C=O) groups excluding carboxylic acids is 2. The number of carbonyl (C=O) groups is 3. The quantitative estimate of drug-likeness (QED) is 0.0486. The molecule has 0 radical (unpaired) electrons. The molecule has 7 nitrogen and oxygen atoms in total. The second-order valence-electron chi connectivity index (χ2n) is 19.8. The van der Waals surface area contributed by atoms with Crippen LogP contribution in [0.4, 0.5) is 0 Å². The Morgan fingerprint density at radius 2 is 0.857 bits per heavy atom. The van der Waals surface area contributed by atoms with Gasteiger partial charge in [0.1, 0.15) is 15.3 Å². The number of aliphatic carboxylic acids is 1. The van der Waals surface area contributed by atoms with Gasteiger partial charge >= 0.3 is 17.9 Å². The van der Waals surface area contributed by atoms with Gasteiger partial charge in [0.25, 0.3) is 0 Å². The third-order valence-corrected chi connectivity index (χ3v) is 14.7. The number of rotatable bonds is 21. The molecule has 0 fully saturated rings. The molecule has 2 N–H and O–H groups in total. The van der Waals surface area contributed by atoms with Gasteiger partial charge in [0.2, 0.25) is 0 Å². The van der Waals surface area contributed by atoms with Crippen molar-refractivity contribution in [2.45, 2.75) is 193 Å². The standard InChI is InChI=1S/C25H34O2.C14H22.C10H14.C7H13BrO3.C5H9BrO2/c1-20(21-13-7-5-8-14-21)19-23(22-15-9-6-10-16-22)17-11-12-18-27-24(26)25(2,3)4;1-5-11(3)13-7-9-14(10-8-13)12(4)6-2;1-3-9(2)10-7-5-4-6-8-10;1-3-7(2,8)6(10)11-5-4-9;1-3-5(2,6)4(7)8/h5-10,13-16,20,23H,11-12,17-19H2,1-4H3;7-12H,5-6H2,1-4H3;4-9H,3H2,1-2H3;9H,3-5H2,1-2H3;3H2,1-2H3,(H,7,8). The zero-order valence-corrected chi connectivity index (χ0v) is 48.7. The number of unbranched alkanes of at least 4 members (excludes halogenated alkanes) is 1. The number of esters is 2. The Kier molecular flexibility index (Phi) is 34.2. The lowest BCUT2D eigenvalue weighted by Crippen LogP contribution is -2.30. The van der Waals surface area contributed by atoms with Gasteiger partial charge in [0.05, 0.1) is 18.6 Å². The fourth-order valence-corrected chi connectivity index (χ4v) is 6.71. The minimum Gasteiger partial charge on any atom is -0.480 e. The van der Waals surface area contributed by atoms with Crippen LogP contribution in [0.5, 0.6) is 0 Å². The van der Waals surface area contributed by atoms with Gasteiger partial charge in [-0.2, -0.15) is 0 Å². The molecule has 0 aliphatic carbocycles. The van der Waals surface area contributed by atoms with Crippen LogP contribution in [0.3, 0.4) is 0 Å². The minimum atomic E-state index is -0.806. The van der Waals surface area contributed by atoms with Gasteiger partial charge in [0, 0.05) is 0 Å². The van der Waals surface area contributed by atoms with Crippen molar-refractivity contribution in [3.63, 3.8) is 0 Å². The summed E-state index contributed by atoms with van der Waals surface area (Å²) in [6.07, 6.45) is 9.18. The zero-order chi connectivity index (χ0) is 53.3. The molecule has 0 saturated carbocycles. The molecular weight excluding hydrogens is 1000 g/mol. The average molecular weight is 1100 g/mol. The van der Waals surface area contributed by atoms with Gasteiger partial charge in [-0.25, -0.2) is 0 Å². The molecule has 7 atom stereocenters.